The number of alkyl halides is 3. The number of benzene rings is 1. The monoisotopic (exact) mass is 599 g/mol. The molecule has 0 saturated carbocycles. The van der Waals surface area contributed by atoms with Crippen LogP contribution in [-0.2, 0) is 27.4 Å². The van der Waals surface area contributed by atoms with Crippen LogP contribution in [0.5, 0.6) is 0 Å². The maximum atomic E-state index is 13.8. The zero-order valence-corrected chi connectivity index (χ0v) is 23.4. The van der Waals surface area contributed by atoms with E-state index in [1.807, 2.05) is 0 Å². The Balaban J connectivity index is 1.98. The van der Waals surface area contributed by atoms with Gasteiger partial charge in [-0.15, -0.1) is 0 Å². The second-order valence-corrected chi connectivity index (χ2v) is 12.2. The molecule has 0 amide bonds. The van der Waals surface area contributed by atoms with Crippen LogP contribution in [0.25, 0.3) is 11.0 Å². The lowest BCUT2D eigenvalue weighted by Gasteiger charge is -2.20. The van der Waals surface area contributed by atoms with Gasteiger partial charge in [-0.25, -0.2) is 27.2 Å². The summed E-state index contributed by atoms with van der Waals surface area (Å²) >= 11 is 12.9. The van der Waals surface area contributed by atoms with E-state index in [4.69, 9.17) is 27.9 Å². The highest BCUT2D eigenvalue weighted by Gasteiger charge is 2.35. The van der Waals surface area contributed by atoms with Crippen LogP contribution >= 0.6 is 23.2 Å². The van der Waals surface area contributed by atoms with Gasteiger partial charge in [0.15, 0.2) is 5.65 Å². The molecule has 3 aromatic heterocycles. The molecule has 0 N–H and O–H groups in total. The first kappa shape index (κ1) is 28.8. The lowest BCUT2D eigenvalue weighted by Crippen LogP contribution is -2.24. The molecule has 39 heavy (non-hydrogen) atoms. The van der Waals surface area contributed by atoms with Crippen LogP contribution < -0.4 is 0 Å². The minimum atomic E-state index is -4.82. The average Bonchev–Trinajstić information content (AvgIpc) is 3.20. The lowest BCUT2D eigenvalue weighted by atomic mass is 10.1. The predicted octanol–water partition coefficient (Wildman–Crippen LogP) is 6.85. The summed E-state index contributed by atoms with van der Waals surface area (Å²) in [6.45, 7) is 6.43. The molecule has 1 aromatic carbocycles. The Labute approximate surface area is 232 Å². The molecule has 0 saturated heterocycles. The normalized spacial score (nSPS) is 12.6. The van der Waals surface area contributed by atoms with Crippen molar-refractivity contribution in [2.24, 2.45) is 0 Å². The van der Waals surface area contributed by atoms with Crippen LogP contribution in [-0.4, -0.2) is 33.9 Å². The summed E-state index contributed by atoms with van der Waals surface area (Å²) < 4.78 is 74.6. The van der Waals surface area contributed by atoms with Crippen molar-refractivity contribution >= 4 is 50.2 Å². The molecule has 0 fully saturated rings. The topological polar surface area (TPSA) is 91.2 Å². The van der Waals surface area contributed by atoms with Crippen molar-refractivity contribution in [2.45, 2.75) is 50.8 Å². The van der Waals surface area contributed by atoms with E-state index >= 15 is 0 Å². The average molecular weight is 600 g/mol. The van der Waals surface area contributed by atoms with Gasteiger partial charge in [0.05, 0.1) is 15.5 Å². The highest BCUT2D eigenvalue weighted by molar-refractivity contribution is 7.90. The van der Waals surface area contributed by atoms with Crippen LogP contribution in [0, 0.1) is 6.92 Å². The summed E-state index contributed by atoms with van der Waals surface area (Å²) in [6.07, 6.45) is -3.98. The molecule has 3 heterocycles. The van der Waals surface area contributed by atoms with Gasteiger partial charge in [-0.2, -0.15) is 13.2 Å². The largest absolute Gasteiger partial charge is 0.456 e. The summed E-state index contributed by atoms with van der Waals surface area (Å²) in [6, 6.07) is 9.46. The first-order chi connectivity index (χ1) is 18.0. The molecular weight excluding hydrogens is 578 g/mol. The minimum Gasteiger partial charge on any atom is -0.456 e. The van der Waals surface area contributed by atoms with Crippen molar-refractivity contribution < 1.29 is 31.1 Å². The maximum Gasteiger partial charge on any atom is 0.433 e. The first-order valence-corrected chi connectivity index (χ1v) is 13.7. The van der Waals surface area contributed by atoms with Crippen LogP contribution in [0.2, 0.25) is 10.2 Å². The standard InChI is InChI=1S/C26H22Cl2F3N3O4S/c1-14-10-20(26(29,30)31)33-23-17(14)11-15(34(23)39(36,37)16-8-6-5-7-9-16)12-18-21(27)19(13-32-22(18)28)24(35)38-25(2,3)4/h5-11,13H,12H2,1-4H3. The Bertz CT molecular complexity index is 1700. The molecule has 13 heteroatoms. The Morgan fingerprint density at radius 3 is 2.31 bits per heavy atom. The third-order valence-corrected chi connectivity index (χ3v) is 8.13. The van der Waals surface area contributed by atoms with Crippen molar-refractivity contribution in [3.8, 4) is 0 Å². The number of esters is 1. The van der Waals surface area contributed by atoms with Crippen LogP contribution in [0.3, 0.4) is 0 Å². The molecule has 0 aliphatic rings. The first-order valence-electron chi connectivity index (χ1n) is 11.5. The van der Waals surface area contributed by atoms with Crippen molar-refractivity contribution in [1.29, 1.82) is 0 Å². The fraction of sp³-hybridized carbons (Fsp3) is 0.269. The SMILES string of the molecule is Cc1cc(C(F)(F)F)nc2c1cc(Cc1c(Cl)ncc(C(=O)OC(C)(C)C)c1Cl)n2S(=O)(=O)c1ccccc1. The molecule has 0 unspecified atom stereocenters. The fourth-order valence-electron chi connectivity index (χ4n) is 3.91. The van der Waals surface area contributed by atoms with E-state index in [1.54, 1.807) is 26.8 Å². The van der Waals surface area contributed by atoms with Gasteiger partial charge in [0, 0.05) is 29.3 Å². The van der Waals surface area contributed by atoms with Gasteiger partial charge in [-0.05, 0) is 57.5 Å². The number of hydrogen-bond donors (Lipinski definition) is 0. The van der Waals surface area contributed by atoms with Crippen LogP contribution in [0.4, 0.5) is 13.2 Å². The highest BCUT2D eigenvalue weighted by atomic mass is 35.5. The number of carbonyl (C=O) groups is 1. The van der Waals surface area contributed by atoms with Crippen molar-refractivity contribution in [2.75, 3.05) is 0 Å². The summed E-state index contributed by atoms with van der Waals surface area (Å²) in [4.78, 5) is 20.3. The van der Waals surface area contributed by atoms with E-state index in [2.05, 4.69) is 9.97 Å². The zero-order chi connectivity index (χ0) is 28.9. The van der Waals surface area contributed by atoms with Gasteiger partial charge in [0.25, 0.3) is 10.0 Å². The maximum absolute atomic E-state index is 13.8. The van der Waals surface area contributed by atoms with Crippen molar-refractivity contribution in [3.63, 3.8) is 0 Å². The van der Waals surface area contributed by atoms with Gasteiger partial charge in [0.1, 0.15) is 16.4 Å². The number of ether oxygens (including phenoxy) is 1. The van der Waals surface area contributed by atoms with E-state index < -0.39 is 39.1 Å². The third-order valence-electron chi connectivity index (χ3n) is 5.62. The summed E-state index contributed by atoms with van der Waals surface area (Å²) in [7, 11) is -4.44. The Morgan fingerprint density at radius 2 is 1.72 bits per heavy atom. The Kier molecular flexibility index (Phi) is 7.48. The molecule has 0 spiro atoms. The van der Waals surface area contributed by atoms with E-state index in [0.29, 0.717) is 0 Å². The second-order valence-electron chi connectivity index (χ2n) is 9.71. The number of halogens is 5. The van der Waals surface area contributed by atoms with Crippen LogP contribution in [0.15, 0.2) is 53.6 Å². The molecule has 0 atom stereocenters. The molecule has 0 aliphatic heterocycles. The van der Waals surface area contributed by atoms with Crippen molar-refractivity contribution in [1.82, 2.24) is 13.9 Å². The van der Waals surface area contributed by atoms with Gasteiger partial charge >= 0.3 is 12.1 Å². The highest BCUT2D eigenvalue weighted by Crippen LogP contribution is 2.36. The number of aromatic nitrogens is 3. The third kappa shape index (κ3) is 5.75. The number of rotatable bonds is 5. The predicted molar refractivity (Wildman–Crippen MR) is 141 cm³/mol. The lowest BCUT2D eigenvalue weighted by molar-refractivity contribution is -0.141. The van der Waals surface area contributed by atoms with Gasteiger partial charge in [-0.3, -0.25) is 0 Å². The quantitative estimate of drug-likeness (QED) is 0.184. The van der Waals surface area contributed by atoms with Crippen molar-refractivity contribution in [3.05, 3.63) is 86.9 Å². The smallest absolute Gasteiger partial charge is 0.433 e. The Morgan fingerprint density at radius 1 is 1.08 bits per heavy atom. The van der Waals surface area contributed by atoms with Gasteiger partial charge < -0.3 is 4.74 Å². The van der Waals surface area contributed by atoms with Gasteiger partial charge in [0.2, 0.25) is 0 Å². The van der Waals surface area contributed by atoms with Gasteiger partial charge in [-0.1, -0.05) is 41.4 Å². The molecule has 4 aromatic rings. The number of pyridine rings is 2. The molecule has 0 radical (unpaired) electrons. The van der Waals surface area contributed by atoms with E-state index in [0.717, 1.165) is 16.2 Å². The molecule has 4 rings (SSSR count). The number of fused-ring (bicyclic) bond motifs is 1. The summed E-state index contributed by atoms with van der Waals surface area (Å²) in [5.41, 5.74) is -2.34. The Hall–Kier alpha value is -3.15. The summed E-state index contributed by atoms with van der Waals surface area (Å²) in [5, 5.41) is -0.0679. The van der Waals surface area contributed by atoms with E-state index in [9.17, 15) is 26.4 Å². The minimum absolute atomic E-state index is 0.00992. The number of aryl methyl sites for hydroxylation is 1. The number of carbonyl (C=O) groups excluding carboxylic acids is 1. The second kappa shape index (κ2) is 10.1. The van der Waals surface area contributed by atoms with E-state index in [1.165, 1.54) is 37.3 Å². The van der Waals surface area contributed by atoms with E-state index in [-0.39, 0.29) is 49.3 Å². The molecular formula is C26H22Cl2F3N3O4S. The molecule has 206 valence electrons. The fourth-order valence-corrected chi connectivity index (χ4v) is 5.96. The molecule has 7 nitrogen and oxygen atoms in total. The van der Waals surface area contributed by atoms with Crippen LogP contribution in [0.1, 0.15) is 53.6 Å². The number of nitrogens with zero attached hydrogens (tertiary/aromatic N) is 3. The summed E-state index contributed by atoms with van der Waals surface area (Å²) in [5.74, 6) is -0.775. The zero-order valence-electron chi connectivity index (χ0n) is 21.1. The number of hydrogen-bond acceptors (Lipinski definition) is 6. The molecule has 0 aliphatic carbocycles. The molecule has 0 bridgehead atoms.